The first kappa shape index (κ1) is 16.5. The van der Waals surface area contributed by atoms with Crippen LogP contribution in [0.15, 0.2) is 71.7 Å². The van der Waals surface area contributed by atoms with E-state index >= 15 is 0 Å². The Kier molecular flexibility index (Phi) is 4.13. The van der Waals surface area contributed by atoms with E-state index in [0.29, 0.717) is 16.6 Å². The maximum absolute atomic E-state index is 12.4. The van der Waals surface area contributed by atoms with Crippen molar-refractivity contribution in [2.75, 3.05) is 5.32 Å². The van der Waals surface area contributed by atoms with Crippen LogP contribution in [0.1, 0.15) is 11.6 Å². The highest BCUT2D eigenvalue weighted by Crippen LogP contribution is 2.19. The van der Waals surface area contributed by atoms with Gasteiger partial charge in [-0.05, 0) is 17.7 Å². The summed E-state index contributed by atoms with van der Waals surface area (Å²) in [5.41, 5.74) is 6.99. The van der Waals surface area contributed by atoms with Crippen molar-refractivity contribution in [2.24, 2.45) is 5.73 Å². The fraction of sp³-hybridized carbons (Fsp3) is 0.0526. The number of amides is 1. The smallest absolute Gasteiger partial charge is 0.263 e. The lowest BCUT2D eigenvalue weighted by Crippen LogP contribution is -2.29. The SMILES string of the molecule is NC(=O)C(Nc1nc2c(cnn2-c2ccccc2)c(=O)[nH]1)c1ccccc1. The summed E-state index contributed by atoms with van der Waals surface area (Å²) in [6, 6.07) is 17.5. The quantitative estimate of drug-likeness (QED) is 0.501. The maximum atomic E-state index is 12.4. The molecule has 0 aliphatic rings. The minimum absolute atomic E-state index is 0.137. The van der Waals surface area contributed by atoms with E-state index in [1.54, 1.807) is 28.9 Å². The van der Waals surface area contributed by atoms with Crippen molar-refractivity contribution >= 4 is 22.9 Å². The van der Waals surface area contributed by atoms with Crippen LogP contribution in [0, 0.1) is 0 Å². The Bertz CT molecular complexity index is 1150. The van der Waals surface area contributed by atoms with Gasteiger partial charge in [0.25, 0.3) is 5.56 Å². The molecule has 0 spiro atoms. The van der Waals surface area contributed by atoms with Crippen molar-refractivity contribution in [1.82, 2.24) is 19.7 Å². The number of anilines is 1. The number of rotatable bonds is 5. The van der Waals surface area contributed by atoms with Gasteiger partial charge in [-0.15, -0.1) is 0 Å². The lowest BCUT2D eigenvalue weighted by Gasteiger charge is -2.16. The van der Waals surface area contributed by atoms with Gasteiger partial charge in [-0.3, -0.25) is 14.6 Å². The van der Waals surface area contributed by atoms with E-state index in [1.807, 2.05) is 36.4 Å². The summed E-state index contributed by atoms with van der Waals surface area (Å²) in [6.45, 7) is 0. The van der Waals surface area contributed by atoms with Crippen LogP contribution in [0.5, 0.6) is 0 Å². The first-order valence-corrected chi connectivity index (χ1v) is 8.28. The standard InChI is InChI=1S/C19H16N6O2/c20-16(26)15(12-7-3-1-4-8-12)22-19-23-17-14(18(27)24-19)11-21-25(17)13-9-5-2-6-10-13/h1-11,15H,(H2,20,26)(H2,22,23,24,27). The molecular formula is C19H16N6O2. The normalized spacial score (nSPS) is 12.0. The molecule has 2 aromatic heterocycles. The topological polar surface area (TPSA) is 119 Å². The highest BCUT2D eigenvalue weighted by molar-refractivity contribution is 5.84. The van der Waals surface area contributed by atoms with Gasteiger partial charge >= 0.3 is 0 Å². The Morgan fingerprint density at radius 1 is 1.07 bits per heavy atom. The molecule has 1 unspecified atom stereocenters. The molecule has 8 heteroatoms. The lowest BCUT2D eigenvalue weighted by molar-refractivity contribution is -0.118. The molecule has 0 bridgehead atoms. The molecule has 4 rings (SSSR count). The number of primary amides is 1. The molecule has 0 aliphatic heterocycles. The van der Waals surface area contributed by atoms with Crippen molar-refractivity contribution in [3.8, 4) is 5.69 Å². The lowest BCUT2D eigenvalue weighted by atomic mass is 10.1. The second kappa shape index (κ2) is 6.75. The van der Waals surface area contributed by atoms with Crippen LogP contribution in [0.3, 0.4) is 0 Å². The van der Waals surface area contributed by atoms with Crippen LogP contribution in [0.4, 0.5) is 5.95 Å². The molecule has 8 nitrogen and oxygen atoms in total. The van der Waals surface area contributed by atoms with Gasteiger partial charge in [-0.1, -0.05) is 48.5 Å². The van der Waals surface area contributed by atoms with E-state index in [4.69, 9.17) is 5.73 Å². The van der Waals surface area contributed by atoms with Crippen LogP contribution < -0.4 is 16.6 Å². The maximum Gasteiger partial charge on any atom is 0.263 e. The molecule has 2 heterocycles. The molecule has 2 aromatic carbocycles. The molecular weight excluding hydrogens is 344 g/mol. The van der Waals surface area contributed by atoms with Gasteiger partial charge in [0.05, 0.1) is 11.9 Å². The third-order valence-corrected chi connectivity index (χ3v) is 4.14. The summed E-state index contributed by atoms with van der Waals surface area (Å²) < 4.78 is 1.57. The summed E-state index contributed by atoms with van der Waals surface area (Å²) in [6.07, 6.45) is 1.46. The minimum Gasteiger partial charge on any atom is -0.368 e. The van der Waals surface area contributed by atoms with Gasteiger partial charge in [0.1, 0.15) is 11.4 Å². The van der Waals surface area contributed by atoms with Crippen LogP contribution in [-0.2, 0) is 4.79 Å². The van der Waals surface area contributed by atoms with E-state index in [2.05, 4.69) is 20.4 Å². The van der Waals surface area contributed by atoms with E-state index in [-0.39, 0.29) is 11.5 Å². The van der Waals surface area contributed by atoms with Crippen molar-refractivity contribution < 1.29 is 4.79 Å². The molecule has 0 fully saturated rings. The average molecular weight is 360 g/mol. The van der Waals surface area contributed by atoms with Crippen molar-refractivity contribution in [3.05, 3.63) is 82.8 Å². The second-order valence-corrected chi connectivity index (χ2v) is 5.93. The van der Waals surface area contributed by atoms with Gasteiger partial charge < -0.3 is 11.1 Å². The summed E-state index contributed by atoms with van der Waals surface area (Å²) in [5.74, 6) is -0.446. The van der Waals surface area contributed by atoms with E-state index in [1.165, 1.54) is 6.20 Å². The third-order valence-electron chi connectivity index (χ3n) is 4.14. The van der Waals surface area contributed by atoms with Crippen LogP contribution in [0.25, 0.3) is 16.7 Å². The largest absolute Gasteiger partial charge is 0.368 e. The van der Waals surface area contributed by atoms with Gasteiger partial charge in [-0.25, -0.2) is 4.68 Å². The van der Waals surface area contributed by atoms with E-state index in [0.717, 1.165) is 5.69 Å². The molecule has 0 saturated heterocycles. The van der Waals surface area contributed by atoms with Crippen molar-refractivity contribution in [2.45, 2.75) is 6.04 Å². The van der Waals surface area contributed by atoms with Gasteiger partial charge in [-0.2, -0.15) is 10.1 Å². The molecule has 0 radical (unpaired) electrons. The Balaban J connectivity index is 1.78. The zero-order valence-corrected chi connectivity index (χ0v) is 14.2. The summed E-state index contributed by atoms with van der Waals surface area (Å²) in [5, 5.41) is 7.52. The molecule has 4 N–H and O–H groups in total. The van der Waals surface area contributed by atoms with Crippen LogP contribution in [-0.4, -0.2) is 25.7 Å². The number of para-hydroxylation sites is 1. The Labute approximate surface area is 153 Å². The Morgan fingerprint density at radius 3 is 2.41 bits per heavy atom. The number of nitrogens with zero attached hydrogens (tertiary/aromatic N) is 3. The fourth-order valence-corrected chi connectivity index (χ4v) is 2.85. The van der Waals surface area contributed by atoms with E-state index < -0.39 is 11.9 Å². The molecule has 0 aliphatic carbocycles. The molecule has 1 atom stereocenters. The Hall–Kier alpha value is -3.94. The number of nitrogens with one attached hydrogen (secondary N) is 2. The average Bonchev–Trinajstić information content (AvgIpc) is 3.12. The van der Waals surface area contributed by atoms with Crippen molar-refractivity contribution in [3.63, 3.8) is 0 Å². The summed E-state index contributed by atoms with van der Waals surface area (Å²) in [7, 11) is 0. The second-order valence-electron chi connectivity index (χ2n) is 5.93. The van der Waals surface area contributed by atoms with Crippen molar-refractivity contribution in [1.29, 1.82) is 0 Å². The van der Waals surface area contributed by atoms with Gasteiger partial charge in [0.2, 0.25) is 11.9 Å². The number of carbonyl (C=O) groups excluding carboxylic acids is 1. The number of fused-ring (bicyclic) bond motifs is 1. The number of benzene rings is 2. The van der Waals surface area contributed by atoms with Gasteiger partial charge in [0, 0.05) is 0 Å². The van der Waals surface area contributed by atoms with Crippen LogP contribution >= 0.6 is 0 Å². The number of carbonyl (C=O) groups is 1. The highest BCUT2D eigenvalue weighted by Gasteiger charge is 2.19. The van der Waals surface area contributed by atoms with Gasteiger partial charge in [0.15, 0.2) is 5.65 Å². The number of aromatic amines is 1. The number of aromatic nitrogens is 4. The number of hydrogen-bond donors (Lipinski definition) is 3. The molecule has 0 saturated carbocycles. The zero-order chi connectivity index (χ0) is 18.8. The number of hydrogen-bond acceptors (Lipinski definition) is 5. The monoisotopic (exact) mass is 360 g/mol. The molecule has 1 amide bonds. The number of H-pyrrole nitrogens is 1. The highest BCUT2D eigenvalue weighted by atomic mass is 16.1. The molecule has 4 aromatic rings. The summed E-state index contributed by atoms with van der Waals surface area (Å²) in [4.78, 5) is 31.4. The first-order valence-electron chi connectivity index (χ1n) is 8.28. The predicted molar refractivity (Wildman–Crippen MR) is 101 cm³/mol. The molecule has 134 valence electrons. The number of nitrogens with two attached hydrogens (primary N) is 1. The van der Waals surface area contributed by atoms with E-state index in [9.17, 15) is 9.59 Å². The Morgan fingerprint density at radius 2 is 1.74 bits per heavy atom. The fourth-order valence-electron chi connectivity index (χ4n) is 2.85. The minimum atomic E-state index is -0.833. The summed E-state index contributed by atoms with van der Waals surface area (Å²) >= 11 is 0. The third kappa shape index (κ3) is 3.15. The van der Waals surface area contributed by atoms with Crippen LogP contribution in [0.2, 0.25) is 0 Å². The first-order chi connectivity index (χ1) is 13.1. The molecule has 27 heavy (non-hydrogen) atoms. The zero-order valence-electron chi connectivity index (χ0n) is 14.2. The predicted octanol–water partition coefficient (Wildman–Crippen LogP) is 1.75.